The molecule has 1 saturated heterocycles. The lowest BCUT2D eigenvalue weighted by Gasteiger charge is -2.17. The molecule has 0 aliphatic carbocycles. The third kappa shape index (κ3) is 6.98. The Labute approximate surface area is 197 Å². The molecule has 8 heteroatoms. The predicted molar refractivity (Wildman–Crippen MR) is 130 cm³/mol. The minimum absolute atomic E-state index is 0.0551. The number of piperidine rings is 1. The molecule has 0 spiro atoms. The van der Waals surface area contributed by atoms with Crippen LogP contribution in [0, 0.1) is 16.0 Å². The number of carbonyl (C=O) groups excluding carboxylic acids is 1. The molecule has 4 rings (SSSR count). The molecule has 1 aliphatic rings. The summed E-state index contributed by atoms with van der Waals surface area (Å²) >= 11 is 0. The second-order valence-electron chi connectivity index (χ2n) is 7.89. The summed E-state index contributed by atoms with van der Waals surface area (Å²) in [6.45, 7) is 2.15. The lowest BCUT2D eigenvalue weighted by atomic mass is 9.99. The highest BCUT2D eigenvalue weighted by atomic mass is 16.6. The highest BCUT2D eigenvalue weighted by Crippen LogP contribution is 2.27. The second-order valence-corrected chi connectivity index (χ2v) is 7.89. The summed E-state index contributed by atoms with van der Waals surface area (Å²) in [5, 5.41) is 25.9. The molecular weight excluding hydrogens is 434 g/mol. The molecule has 0 bridgehead atoms. The van der Waals surface area contributed by atoms with Crippen LogP contribution in [0.5, 0.6) is 0 Å². The number of nitro groups is 1. The summed E-state index contributed by atoms with van der Waals surface area (Å²) in [4.78, 5) is 33.7. The Balaban J connectivity index is 0.000000302. The standard InChI is InChI=1S/C20H16N2O3.C6H11NO2/c23-20(16-9-5-2-6-10-16)17-11-12-19(22(24)25)18(13-17)21-14-15-7-3-1-4-8-15;8-6(9)5-1-3-7-4-2-5/h1-13,21H,14H2;5,7H,1-4H2,(H,8,9). The molecule has 0 unspecified atom stereocenters. The first-order chi connectivity index (χ1) is 16.5. The van der Waals surface area contributed by atoms with Gasteiger partial charge in [0.1, 0.15) is 5.69 Å². The summed E-state index contributed by atoms with van der Waals surface area (Å²) in [6.07, 6.45) is 1.57. The number of carboxylic acids is 1. The average Bonchev–Trinajstić information content (AvgIpc) is 2.88. The average molecular weight is 462 g/mol. The van der Waals surface area contributed by atoms with E-state index < -0.39 is 10.9 Å². The van der Waals surface area contributed by atoms with Gasteiger partial charge < -0.3 is 15.7 Å². The van der Waals surface area contributed by atoms with E-state index in [1.807, 2.05) is 36.4 Å². The second kappa shape index (κ2) is 12.3. The van der Waals surface area contributed by atoms with Crippen LogP contribution in [-0.2, 0) is 11.3 Å². The van der Waals surface area contributed by atoms with E-state index in [1.165, 1.54) is 18.2 Å². The highest BCUT2D eigenvalue weighted by Gasteiger charge is 2.19. The first-order valence-corrected chi connectivity index (χ1v) is 11.0. The van der Waals surface area contributed by atoms with E-state index in [9.17, 15) is 19.7 Å². The number of nitrogens with one attached hydrogen (secondary N) is 2. The Morgan fingerprint density at radius 1 is 0.941 bits per heavy atom. The quantitative estimate of drug-likeness (QED) is 0.269. The summed E-state index contributed by atoms with van der Waals surface area (Å²) in [6, 6.07) is 22.8. The van der Waals surface area contributed by atoms with Gasteiger partial charge in [0.25, 0.3) is 5.69 Å². The maximum Gasteiger partial charge on any atom is 0.306 e. The molecule has 1 heterocycles. The van der Waals surface area contributed by atoms with E-state index in [1.54, 1.807) is 24.3 Å². The fraction of sp³-hybridized carbons (Fsp3) is 0.231. The Bertz CT molecular complexity index is 1110. The van der Waals surface area contributed by atoms with Crippen molar-refractivity contribution >= 4 is 23.1 Å². The van der Waals surface area contributed by atoms with Crippen LogP contribution in [0.3, 0.4) is 0 Å². The van der Waals surface area contributed by atoms with Gasteiger partial charge in [-0.2, -0.15) is 0 Å². The van der Waals surface area contributed by atoms with Crippen molar-refractivity contribution in [2.45, 2.75) is 19.4 Å². The maximum atomic E-state index is 12.6. The Morgan fingerprint density at radius 3 is 2.12 bits per heavy atom. The van der Waals surface area contributed by atoms with E-state index in [-0.39, 0.29) is 17.4 Å². The number of nitrogens with zero attached hydrogens (tertiary/aromatic N) is 1. The lowest BCUT2D eigenvalue weighted by molar-refractivity contribution is -0.384. The molecule has 176 valence electrons. The number of benzene rings is 3. The summed E-state index contributed by atoms with van der Waals surface area (Å²) in [5.74, 6) is -0.902. The number of aliphatic carboxylic acids is 1. The highest BCUT2D eigenvalue weighted by molar-refractivity contribution is 6.09. The lowest BCUT2D eigenvalue weighted by Crippen LogP contribution is -2.31. The third-order valence-corrected chi connectivity index (χ3v) is 5.51. The SMILES string of the molecule is O=C(O)C1CCNCC1.O=C(c1ccccc1)c1ccc([N+](=O)[O-])c(NCc2ccccc2)c1. The molecule has 0 radical (unpaired) electrons. The normalized spacial score (nSPS) is 13.3. The number of hydrogen-bond acceptors (Lipinski definition) is 6. The van der Waals surface area contributed by atoms with Crippen molar-refractivity contribution in [3.05, 3.63) is 106 Å². The van der Waals surface area contributed by atoms with Gasteiger partial charge in [-0.3, -0.25) is 19.7 Å². The number of rotatable bonds is 7. The largest absolute Gasteiger partial charge is 0.481 e. The zero-order valence-electron chi connectivity index (χ0n) is 18.6. The van der Waals surface area contributed by atoms with Crippen LogP contribution in [0.1, 0.15) is 34.3 Å². The van der Waals surface area contributed by atoms with Crippen molar-refractivity contribution in [1.82, 2.24) is 5.32 Å². The molecule has 1 fully saturated rings. The molecule has 0 atom stereocenters. The Hall–Kier alpha value is -4.04. The van der Waals surface area contributed by atoms with Gasteiger partial charge in [0.15, 0.2) is 5.78 Å². The van der Waals surface area contributed by atoms with Crippen molar-refractivity contribution in [3.63, 3.8) is 0 Å². The number of ketones is 1. The van der Waals surface area contributed by atoms with Gasteiger partial charge in [-0.1, -0.05) is 60.7 Å². The van der Waals surface area contributed by atoms with Gasteiger partial charge >= 0.3 is 5.97 Å². The molecule has 0 amide bonds. The molecule has 3 N–H and O–H groups in total. The molecule has 34 heavy (non-hydrogen) atoms. The summed E-state index contributed by atoms with van der Waals surface area (Å²) in [7, 11) is 0. The van der Waals surface area contributed by atoms with Crippen LogP contribution in [0.15, 0.2) is 78.9 Å². The number of carbonyl (C=O) groups is 2. The Morgan fingerprint density at radius 2 is 1.56 bits per heavy atom. The van der Waals surface area contributed by atoms with Crippen LogP contribution < -0.4 is 10.6 Å². The van der Waals surface area contributed by atoms with Crippen molar-refractivity contribution in [2.24, 2.45) is 5.92 Å². The minimum Gasteiger partial charge on any atom is -0.481 e. The summed E-state index contributed by atoms with van der Waals surface area (Å²) < 4.78 is 0. The van der Waals surface area contributed by atoms with Crippen LogP contribution in [0.25, 0.3) is 0 Å². The van der Waals surface area contributed by atoms with Crippen molar-refractivity contribution in [3.8, 4) is 0 Å². The maximum absolute atomic E-state index is 12.6. The number of hydrogen-bond donors (Lipinski definition) is 3. The molecule has 3 aromatic rings. The van der Waals surface area contributed by atoms with Gasteiger partial charge in [-0.15, -0.1) is 0 Å². The molecule has 8 nitrogen and oxygen atoms in total. The van der Waals surface area contributed by atoms with Gasteiger partial charge in [0, 0.05) is 23.7 Å². The molecule has 3 aromatic carbocycles. The fourth-order valence-electron chi connectivity index (χ4n) is 3.60. The number of anilines is 1. The van der Waals surface area contributed by atoms with Gasteiger partial charge in [0.2, 0.25) is 0 Å². The van der Waals surface area contributed by atoms with E-state index in [4.69, 9.17) is 5.11 Å². The Kier molecular flexibility index (Phi) is 8.88. The van der Waals surface area contributed by atoms with E-state index >= 15 is 0 Å². The zero-order chi connectivity index (χ0) is 24.3. The molecule has 1 aliphatic heterocycles. The topological polar surface area (TPSA) is 122 Å². The molecule has 0 aromatic heterocycles. The van der Waals surface area contributed by atoms with Crippen molar-refractivity contribution in [2.75, 3.05) is 18.4 Å². The van der Waals surface area contributed by atoms with Gasteiger partial charge in [-0.25, -0.2) is 0 Å². The van der Waals surface area contributed by atoms with Crippen LogP contribution in [0.4, 0.5) is 11.4 Å². The van der Waals surface area contributed by atoms with Gasteiger partial charge in [-0.05, 0) is 43.6 Å². The monoisotopic (exact) mass is 461 g/mol. The first-order valence-electron chi connectivity index (χ1n) is 11.0. The van der Waals surface area contributed by atoms with Crippen molar-refractivity contribution < 1.29 is 19.6 Å². The summed E-state index contributed by atoms with van der Waals surface area (Å²) in [5.41, 5.74) is 2.23. The van der Waals surface area contributed by atoms with Crippen molar-refractivity contribution in [1.29, 1.82) is 0 Å². The van der Waals surface area contributed by atoms with E-state index in [0.717, 1.165) is 31.5 Å². The minimum atomic E-state index is -0.642. The zero-order valence-corrected chi connectivity index (χ0v) is 18.6. The fourth-order valence-corrected chi connectivity index (χ4v) is 3.60. The number of carboxylic acid groups (broad SMARTS) is 1. The predicted octanol–water partition coefficient (Wildman–Crippen LogP) is 4.51. The molecule has 0 saturated carbocycles. The van der Waals surface area contributed by atoms with Gasteiger partial charge in [0.05, 0.1) is 10.8 Å². The van der Waals surface area contributed by atoms with Crippen LogP contribution in [-0.4, -0.2) is 34.9 Å². The molecular formula is C26H27N3O5. The first kappa shape index (κ1) is 24.6. The smallest absolute Gasteiger partial charge is 0.306 e. The van der Waals surface area contributed by atoms with Crippen LogP contribution in [0.2, 0.25) is 0 Å². The third-order valence-electron chi connectivity index (χ3n) is 5.51. The number of nitro benzene ring substituents is 1. The van der Waals surface area contributed by atoms with Crippen LogP contribution >= 0.6 is 0 Å². The van der Waals surface area contributed by atoms with E-state index in [0.29, 0.717) is 23.4 Å². The van der Waals surface area contributed by atoms with E-state index in [2.05, 4.69) is 10.6 Å².